The standard InChI is InChI=1S/C18H27NO5/c1-17(2,3)12-6-9-18(10-7-12)11-8-13(23-18)16(22)24-19-14(20)4-5-15(19)21/h12-13H,4-11H2,1-3H3. The van der Waals surface area contributed by atoms with Crippen molar-refractivity contribution in [2.45, 2.75) is 83.8 Å². The molecule has 2 heterocycles. The number of imide groups is 1. The highest BCUT2D eigenvalue weighted by molar-refractivity contribution is 6.01. The largest absolute Gasteiger partial charge is 0.361 e. The molecule has 3 rings (SSSR count). The Balaban J connectivity index is 1.55. The van der Waals surface area contributed by atoms with E-state index in [1.165, 1.54) is 0 Å². The number of hydrogen-bond acceptors (Lipinski definition) is 5. The van der Waals surface area contributed by atoms with Gasteiger partial charge in [0.25, 0.3) is 11.8 Å². The highest BCUT2D eigenvalue weighted by atomic mass is 16.7. The normalized spacial score (nSPS) is 34.2. The molecule has 134 valence electrons. The summed E-state index contributed by atoms with van der Waals surface area (Å²) in [6.07, 6.45) is 5.10. The third kappa shape index (κ3) is 3.34. The number of rotatable bonds is 2. The number of carbonyl (C=O) groups excluding carboxylic acids is 3. The van der Waals surface area contributed by atoms with Gasteiger partial charge in [-0.05, 0) is 49.9 Å². The van der Waals surface area contributed by atoms with E-state index in [2.05, 4.69) is 20.8 Å². The quantitative estimate of drug-likeness (QED) is 0.725. The molecule has 1 saturated carbocycles. The van der Waals surface area contributed by atoms with E-state index in [1.807, 2.05) is 0 Å². The molecule has 3 aliphatic rings. The third-order valence-corrected chi connectivity index (χ3v) is 5.83. The zero-order chi connectivity index (χ0) is 17.5. The topological polar surface area (TPSA) is 72.9 Å². The van der Waals surface area contributed by atoms with Crippen LogP contribution in [0, 0.1) is 11.3 Å². The molecule has 1 aliphatic carbocycles. The summed E-state index contributed by atoms with van der Waals surface area (Å²) in [6.45, 7) is 6.82. The maximum Gasteiger partial charge on any atom is 0.361 e. The summed E-state index contributed by atoms with van der Waals surface area (Å²) in [5, 5.41) is 0.604. The number of carbonyl (C=O) groups is 3. The SMILES string of the molecule is CC(C)(C)C1CCC2(CCC(C(=O)ON3C(=O)CCC3=O)O2)CC1. The minimum atomic E-state index is -0.669. The van der Waals surface area contributed by atoms with Gasteiger partial charge in [0.15, 0.2) is 6.10 Å². The Morgan fingerprint density at radius 2 is 1.62 bits per heavy atom. The number of hydroxylamine groups is 2. The molecule has 6 heteroatoms. The molecule has 0 aromatic heterocycles. The van der Waals surface area contributed by atoms with Crippen molar-refractivity contribution in [2.75, 3.05) is 0 Å². The number of amides is 2. The maximum absolute atomic E-state index is 12.2. The van der Waals surface area contributed by atoms with E-state index in [0.717, 1.165) is 32.1 Å². The number of ether oxygens (including phenoxy) is 1. The van der Waals surface area contributed by atoms with Gasteiger partial charge < -0.3 is 9.57 Å². The van der Waals surface area contributed by atoms with Crippen molar-refractivity contribution in [3.8, 4) is 0 Å². The second-order valence-corrected chi connectivity index (χ2v) is 8.46. The van der Waals surface area contributed by atoms with Crippen molar-refractivity contribution in [1.29, 1.82) is 0 Å². The van der Waals surface area contributed by atoms with Gasteiger partial charge in [0, 0.05) is 12.8 Å². The molecule has 6 nitrogen and oxygen atoms in total. The first-order chi connectivity index (χ1) is 11.2. The summed E-state index contributed by atoms with van der Waals surface area (Å²) in [6, 6.07) is 0. The van der Waals surface area contributed by atoms with Crippen LogP contribution in [0.25, 0.3) is 0 Å². The lowest BCUT2D eigenvalue weighted by atomic mass is 9.68. The van der Waals surface area contributed by atoms with Crippen LogP contribution in [-0.2, 0) is 24.0 Å². The van der Waals surface area contributed by atoms with Gasteiger partial charge in [0.05, 0.1) is 5.60 Å². The molecular weight excluding hydrogens is 310 g/mol. The van der Waals surface area contributed by atoms with Gasteiger partial charge in [-0.25, -0.2) is 4.79 Å². The highest BCUT2D eigenvalue weighted by Crippen LogP contribution is 2.48. The predicted molar refractivity (Wildman–Crippen MR) is 85.4 cm³/mol. The Bertz CT molecular complexity index is 526. The fraction of sp³-hybridized carbons (Fsp3) is 0.833. The van der Waals surface area contributed by atoms with Gasteiger partial charge in [0.1, 0.15) is 0 Å². The van der Waals surface area contributed by atoms with Crippen LogP contribution in [-0.4, -0.2) is 34.6 Å². The summed E-state index contributed by atoms with van der Waals surface area (Å²) >= 11 is 0. The molecule has 0 bridgehead atoms. The Kier molecular flexibility index (Phi) is 4.45. The lowest BCUT2D eigenvalue weighted by Gasteiger charge is -2.41. The molecule has 2 amide bonds. The first-order valence-electron chi connectivity index (χ1n) is 8.96. The molecular formula is C18H27NO5. The average molecular weight is 337 g/mol. The Labute approximate surface area is 142 Å². The molecule has 0 aromatic rings. The second kappa shape index (κ2) is 6.14. The van der Waals surface area contributed by atoms with E-state index >= 15 is 0 Å². The van der Waals surface area contributed by atoms with Crippen molar-refractivity contribution in [1.82, 2.24) is 5.06 Å². The first kappa shape index (κ1) is 17.4. The van der Waals surface area contributed by atoms with Crippen LogP contribution in [0.4, 0.5) is 0 Å². The Morgan fingerprint density at radius 3 is 2.17 bits per heavy atom. The van der Waals surface area contributed by atoms with E-state index < -0.39 is 23.9 Å². The van der Waals surface area contributed by atoms with E-state index in [9.17, 15) is 14.4 Å². The predicted octanol–water partition coefficient (Wildman–Crippen LogP) is 2.75. The highest BCUT2D eigenvalue weighted by Gasteiger charge is 2.47. The van der Waals surface area contributed by atoms with Gasteiger partial charge in [-0.3, -0.25) is 9.59 Å². The third-order valence-electron chi connectivity index (χ3n) is 5.83. The van der Waals surface area contributed by atoms with Gasteiger partial charge in [-0.2, -0.15) is 0 Å². The number of nitrogens with zero attached hydrogens (tertiary/aromatic N) is 1. The molecule has 0 radical (unpaired) electrons. The molecule has 0 aromatic carbocycles. The van der Waals surface area contributed by atoms with Crippen LogP contribution in [0.5, 0.6) is 0 Å². The van der Waals surface area contributed by atoms with Crippen LogP contribution >= 0.6 is 0 Å². The van der Waals surface area contributed by atoms with Gasteiger partial charge >= 0.3 is 5.97 Å². The summed E-state index contributed by atoms with van der Waals surface area (Å²) in [5.74, 6) is -0.843. The Morgan fingerprint density at radius 1 is 1.08 bits per heavy atom. The summed E-state index contributed by atoms with van der Waals surface area (Å²) < 4.78 is 6.07. The average Bonchev–Trinajstić information content (AvgIpc) is 3.06. The smallest absolute Gasteiger partial charge is 0.360 e. The van der Waals surface area contributed by atoms with Crippen LogP contribution in [0.2, 0.25) is 0 Å². The van der Waals surface area contributed by atoms with Crippen molar-refractivity contribution < 1.29 is 24.0 Å². The lowest BCUT2D eigenvalue weighted by Crippen LogP contribution is -2.40. The van der Waals surface area contributed by atoms with Crippen molar-refractivity contribution in [2.24, 2.45) is 11.3 Å². The van der Waals surface area contributed by atoms with Crippen molar-refractivity contribution >= 4 is 17.8 Å². The van der Waals surface area contributed by atoms with Gasteiger partial charge in [0.2, 0.25) is 0 Å². The van der Waals surface area contributed by atoms with Crippen LogP contribution < -0.4 is 0 Å². The zero-order valence-corrected chi connectivity index (χ0v) is 14.8. The van der Waals surface area contributed by atoms with Crippen molar-refractivity contribution in [3.05, 3.63) is 0 Å². The van der Waals surface area contributed by atoms with E-state index in [4.69, 9.17) is 9.57 Å². The van der Waals surface area contributed by atoms with Gasteiger partial charge in [-0.1, -0.05) is 20.8 Å². The van der Waals surface area contributed by atoms with E-state index in [1.54, 1.807) is 0 Å². The molecule has 1 unspecified atom stereocenters. The fourth-order valence-corrected chi connectivity index (χ4v) is 4.16. The summed E-state index contributed by atoms with van der Waals surface area (Å²) in [4.78, 5) is 40.3. The van der Waals surface area contributed by atoms with E-state index in [-0.39, 0.29) is 18.4 Å². The fourth-order valence-electron chi connectivity index (χ4n) is 4.16. The summed E-state index contributed by atoms with van der Waals surface area (Å²) in [7, 11) is 0. The lowest BCUT2D eigenvalue weighted by molar-refractivity contribution is -0.207. The maximum atomic E-state index is 12.2. The molecule has 1 atom stereocenters. The minimum absolute atomic E-state index is 0.107. The molecule has 2 aliphatic heterocycles. The molecule has 0 N–H and O–H groups in total. The summed E-state index contributed by atoms with van der Waals surface area (Å²) in [5.41, 5.74) is 0.0689. The van der Waals surface area contributed by atoms with Crippen LogP contribution in [0.3, 0.4) is 0 Å². The molecule has 24 heavy (non-hydrogen) atoms. The van der Waals surface area contributed by atoms with Crippen molar-refractivity contribution in [3.63, 3.8) is 0 Å². The van der Waals surface area contributed by atoms with Crippen LogP contribution in [0.1, 0.15) is 72.1 Å². The Hall–Kier alpha value is -1.43. The van der Waals surface area contributed by atoms with Gasteiger partial charge in [-0.15, -0.1) is 5.06 Å². The molecule has 2 saturated heterocycles. The number of hydrogen-bond donors (Lipinski definition) is 0. The second-order valence-electron chi connectivity index (χ2n) is 8.46. The first-order valence-corrected chi connectivity index (χ1v) is 8.96. The molecule has 1 spiro atoms. The minimum Gasteiger partial charge on any atom is -0.360 e. The zero-order valence-electron chi connectivity index (χ0n) is 14.8. The van der Waals surface area contributed by atoms with Crippen LogP contribution in [0.15, 0.2) is 0 Å². The molecule has 3 fully saturated rings. The van der Waals surface area contributed by atoms with E-state index in [0.29, 0.717) is 22.8 Å². The monoisotopic (exact) mass is 337 g/mol.